The molecule has 0 aliphatic heterocycles. The van der Waals surface area contributed by atoms with Crippen molar-refractivity contribution in [1.29, 1.82) is 0 Å². The molecule has 0 bridgehead atoms. The summed E-state index contributed by atoms with van der Waals surface area (Å²) in [5, 5.41) is 2.69. The summed E-state index contributed by atoms with van der Waals surface area (Å²) in [6, 6.07) is 18.9. The molecule has 1 N–H and O–H groups in total. The van der Waals surface area contributed by atoms with Gasteiger partial charge in [-0.2, -0.15) is 0 Å². The van der Waals surface area contributed by atoms with Crippen LogP contribution in [0.3, 0.4) is 0 Å². The maximum atomic E-state index is 13.0. The van der Waals surface area contributed by atoms with Crippen LogP contribution in [0.25, 0.3) is 21.7 Å². The molecule has 6 heteroatoms. The highest BCUT2D eigenvalue weighted by molar-refractivity contribution is 7.71. The van der Waals surface area contributed by atoms with E-state index in [4.69, 9.17) is 12.2 Å². The van der Waals surface area contributed by atoms with Crippen molar-refractivity contribution in [2.24, 2.45) is 7.05 Å². The van der Waals surface area contributed by atoms with Crippen molar-refractivity contribution < 1.29 is 4.79 Å². The predicted octanol–water partition coefficient (Wildman–Crippen LogP) is 4.03. The molecule has 27 heavy (non-hydrogen) atoms. The third-order valence-electron chi connectivity index (χ3n) is 4.77. The van der Waals surface area contributed by atoms with Crippen molar-refractivity contribution in [2.45, 2.75) is 0 Å². The van der Waals surface area contributed by atoms with Crippen LogP contribution in [0.15, 0.2) is 65.5 Å². The van der Waals surface area contributed by atoms with Crippen LogP contribution in [0.1, 0.15) is 10.4 Å². The van der Waals surface area contributed by atoms with Gasteiger partial charge in [-0.15, -0.1) is 0 Å². The van der Waals surface area contributed by atoms with Crippen LogP contribution in [-0.2, 0) is 7.05 Å². The number of carbonyl (C=O) groups excluding carboxylic acids is 1. The molecule has 0 aliphatic rings. The van der Waals surface area contributed by atoms with Crippen LogP contribution in [0.2, 0.25) is 0 Å². The third kappa shape index (κ3) is 2.94. The van der Waals surface area contributed by atoms with Gasteiger partial charge in [-0.3, -0.25) is 14.2 Å². The van der Waals surface area contributed by atoms with E-state index in [-0.39, 0.29) is 11.5 Å². The molecule has 0 atom stereocenters. The molecular weight excluding hydrogens is 358 g/mol. The Morgan fingerprint density at radius 1 is 1.04 bits per heavy atom. The number of H-pyrrole nitrogens is 1. The number of carbonyl (C=O) groups is 1. The van der Waals surface area contributed by atoms with Gasteiger partial charge in [-0.25, -0.2) is 0 Å². The quantitative estimate of drug-likeness (QED) is 0.538. The lowest BCUT2D eigenvalue weighted by molar-refractivity contribution is 0.0993. The number of fused-ring (bicyclic) bond motifs is 2. The zero-order chi connectivity index (χ0) is 19.1. The van der Waals surface area contributed by atoms with Crippen LogP contribution >= 0.6 is 12.2 Å². The zero-order valence-corrected chi connectivity index (χ0v) is 15.7. The fraction of sp³-hybridized carbons (Fsp3) is 0.0952. The van der Waals surface area contributed by atoms with Gasteiger partial charge in [0.1, 0.15) is 0 Å². The number of nitrogens with zero attached hydrogens (tertiary/aromatic N) is 2. The SMILES string of the molecule is CN(C(=O)c1ccc2c(=O)n(C)c(=S)[nH]c2c1)c1ccc2ccccc2c1. The highest BCUT2D eigenvalue weighted by Gasteiger charge is 2.15. The lowest BCUT2D eigenvalue weighted by atomic mass is 10.1. The van der Waals surface area contributed by atoms with Gasteiger partial charge in [0, 0.05) is 25.3 Å². The topological polar surface area (TPSA) is 58.1 Å². The summed E-state index contributed by atoms with van der Waals surface area (Å²) >= 11 is 5.16. The van der Waals surface area contributed by atoms with Crippen molar-refractivity contribution in [3.8, 4) is 0 Å². The van der Waals surface area contributed by atoms with E-state index >= 15 is 0 Å². The summed E-state index contributed by atoms with van der Waals surface area (Å²) < 4.78 is 1.69. The van der Waals surface area contributed by atoms with Gasteiger partial charge in [0.2, 0.25) is 0 Å². The Morgan fingerprint density at radius 2 is 1.78 bits per heavy atom. The number of amides is 1. The maximum Gasteiger partial charge on any atom is 0.261 e. The van der Waals surface area contributed by atoms with Crippen molar-refractivity contribution in [3.05, 3.63) is 81.4 Å². The zero-order valence-electron chi connectivity index (χ0n) is 14.9. The Balaban J connectivity index is 1.75. The first-order chi connectivity index (χ1) is 13.0. The first kappa shape index (κ1) is 17.2. The minimum absolute atomic E-state index is 0.160. The van der Waals surface area contributed by atoms with Gasteiger partial charge in [-0.05, 0) is 53.3 Å². The average Bonchev–Trinajstić information content (AvgIpc) is 2.70. The molecule has 3 aromatic carbocycles. The van der Waals surface area contributed by atoms with Crippen molar-refractivity contribution in [3.63, 3.8) is 0 Å². The van der Waals surface area contributed by atoms with Gasteiger partial charge < -0.3 is 9.88 Å². The number of aromatic nitrogens is 2. The molecule has 0 aliphatic carbocycles. The number of nitrogens with one attached hydrogen (secondary N) is 1. The fourth-order valence-corrected chi connectivity index (χ4v) is 3.33. The molecule has 0 fully saturated rings. The second-order valence-electron chi connectivity index (χ2n) is 6.45. The summed E-state index contributed by atoms with van der Waals surface area (Å²) in [5.74, 6) is -0.160. The summed E-state index contributed by atoms with van der Waals surface area (Å²) in [4.78, 5) is 29.9. The number of rotatable bonds is 2. The summed E-state index contributed by atoms with van der Waals surface area (Å²) in [7, 11) is 3.36. The molecule has 0 saturated heterocycles. The lowest BCUT2D eigenvalue weighted by Crippen LogP contribution is -2.26. The molecule has 1 amide bonds. The third-order valence-corrected chi connectivity index (χ3v) is 5.15. The smallest absolute Gasteiger partial charge is 0.261 e. The van der Waals surface area contributed by atoms with Crippen molar-refractivity contribution in [1.82, 2.24) is 9.55 Å². The van der Waals surface area contributed by atoms with Crippen LogP contribution < -0.4 is 10.5 Å². The second kappa shape index (κ2) is 6.48. The predicted molar refractivity (Wildman–Crippen MR) is 111 cm³/mol. The van der Waals surface area contributed by atoms with E-state index in [9.17, 15) is 9.59 Å². The largest absolute Gasteiger partial charge is 0.332 e. The molecule has 0 spiro atoms. The first-order valence-corrected chi connectivity index (χ1v) is 8.86. The average molecular weight is 375 g/mol. The Hall–Kier alpha value is -3.25. The van der Waals surface area contributed by atoms with E-state index in [1.165, 1.54) is 4.57 Å². The monoisotopic (exact) mass is 375 g/mol. The molecule has 4 aromatic rings. The fourth-order valence-electron chi connectivity index (χ4n) is 3.14. The highest BCUT2D eigenvalue weighted by Crippen LogP contribution is 2.23. The van der Waals surface area contributed by atoms with Crippen molar-refractivity contribution >= 4 is 45.5 Å². The molecule has 0 radical (unpaired) electrons. The van der Waals surface area contributed by atoms with Gasteiger partial charge in [0.15, 0.2) is 4.77 Å². The maximum absolute atomic E-state index is 13.0. The molecule has 4 rings (SSSR count). The lowest BCUT2D eigenvalue weighted by Gasteiger charge is -2.18. The number of hydrogen-bond acceptors (Lipinski definition) is 3. The van der Waals surface area contributed by atoms with Gasteiger partial charge in [0.25, 0.3) is 11.5 Å². The van der Waals surface area contributed by atoms with E-state index in [1.54, 1.807) is 37.2 Å². The van der Waals surface area contributed by atoms with Crippen LogP contribution in [0, 0.1) is 4.77 Å². The Morgan fingerprint density at radius 3 is 2.56 bits per heavy atom. The molecule has 5 nitrogen and oxygen atoms in total. The van der Waals surface area contributed by atoms with E-state index in [0.29, 0.717) is 21.2 Å². The Bertz CT molecular complexity index is 1320. The van der Waals surface area contributed by atoms with Crippen LogP contribution in [0.4, 0.5) is 5.69 Å². The standard InChI is InChI=1S/C21H17N3O2S/c1-23(16-9-7-13-5-3-4-6-14(13)11-16)19(25)15-8-10-17-18(12-15)22-21(27)24(2)20(17)26/h3-12H,1-2H3,(H,22,27). The van der Waals surface area contributed by atoms with E-state index < -0.39 is 0 Å². The number of hydrogen-bond donors (Lipinski definition) is 1. The van der Waals surface area contributed by atoms with E-state index in [0.717, 1.165) is 16.5 Å². The molecule has 0 saturated carbocycles. The molecule has 0 unspecified atom stereocenters. The number of anilines is 1. The van der Waals surface area contributed by atoms with E-state index in [1.807, 2.05) is 42.5 Å². The summed E-state index contributed by atoms with van der Waals surface area (Å²) in [6.07, 6.45) is 0. The van der Waals surface area contributed by atoms with Gasteiger partial charge in [0.05, 0.1) is 10.9 Å². The van der Waals surface area contributed by atoms with Gasteiger partial charge in [-0.1, -0.05) is 30.3 Å². The molecule has 1 heterocycles. The summed E-state index contributed by atoms with van der Waals surface area (Å²) in [6.45, 7) is 0. The minimum Gasteiger partial charge on any atom is -0.332 e. The molecular formula is C21H17N3O2S. The Kier molecular flexibility index (Phi) is 4.12. The normalized spacial score (nSPS) is 11.0. The first-order valence-electron chi connectivity index (χ1n) is 8.45. The summed E-state index contributed by atoms with van der Waals surface area (Å²) in [5.41, 5.74) is 1.66. The molecule has 1 aromatic heterocycles. The highest BCUT2D eigenvalue weighted by atomic mass is 32.1. The van der Waals surface area contributed by atoms with Crippen molar-refractivity contribution in [2.75, 3.05) is 11.9 Å². The molecule has 134 valence electrons. The minimum atomic E-state index is -0.185. The van der Waals surface area contributed by atoms with Gasteiger partial charge >= 0.3 is 0 Å². The van der Waals surface area contributed by atoms with Crippen LogP contribution in [0.5, 0.6) is 0 Å². The number of benzene rings is 3. The Labute approximate surface area is 160 Å². The second-order valence-corrected chi connectivity index (χ2v) is 6.84. The van der Waals surface area contributed by atoms with E-state index in [2.05, 4.69) is 4.98 Å². The number of aromatic amines is 1. The van der Waals surface area contributed by atoms with Crippen LogP contribution in [-0.4, -0.2) is 22.5 Å².